The van der Waals surface area contributed by atoms with E-state index in [-0.39, 0.29) is 11.9 Å². The average molecular weight is 388 g/mol. The molecular weight excluding hydrogens is 358 g/mol. The number of hydrogen-bond acceptors (Lipinski definition) is 2. The van der Waals surface area contributed by atoms with E-state index in [1.54, 1.807) is 0 Å². The van der Waals surface area contributed by atoms with Crippen molar-refractivity contribution in [2.45, 2.75) is 58.1 Å². The van der Waals surface area contributed by atoms with Crippen LogP contribution in [0.4, 0.5) is 0 Å². The van der Waals surface area contributed by atoms with Gasteiger partial charge in [-0.15, -0.1) is 0 Å². The van der Waals surface area contributed by atoms with Crippen molar-refractivity contribution in [3.05, 3.63) is 77.4 Å². The third kappa shape index (κ3) is 4.29. The maximum Gasteiger partial charge on any atom is 0.261 e. The third-order valence-corrected chi connectivity index (χ3v) is 5.92. The van der Waals surface area contributed by atoms with Gasteiger partial charge >= 0.3 is 0 Å². The SMILES string of the molecule is CCC(NC(=O)C(C)Oc1cccc2ccccc12)c1ccc2c(c1)CCCC2. The van der Waals surface area contributed by atoms with Crippen LogP contribution in [0.15, 0.2) is 60.7 Å². The molecule has 0 spiro atoms. The Hall–Kier alpha value is -2.81. The van der Waals surface area contributed by atoms with Crippen LogP contribution in [0.25, 0.3) is 10.8 Å². The number of ether oxygens (including phenoxy) is 1. The highest BCUT2D eigenvalue weighted by Crippen LogP contribution is 2.28. The Labute approximate surface area is 173 Å². The maximum atomic E-state index is 12.9. The van der Waals surface area contributed by atoms with Gasteiger partial charge in [-0.1, -0.05) is 61.5 Å². The summed E-state index contributed by atoms with van der Waals surface area (Å²) >= 11 is 0. The Morgan fingerprint density at radius 1 is 1.00 bits per heavy atom. The minimum absolute atomic E-state index is 0.00768. The first kappa shape index (κ1) is 19.5. The van der Waals surface area contributed by atoms with Gasteiger partial charge in [0.1, 0.15) is 5.75 Å². The van der Waals surface area contributed by atoms with Crippen LogP contribution in [-0.2, 0) is 17.6 Å². The standard InChI is InChI=1S/C26H29NO2/c1-3-24(22-16-15-19-9-4-5-11-21(19)17-22)27-26(28)18(2)29-25-14-8-12-20-10-6-7-13-23(20)25/h6-8,10,12-18,24H,3-5,9,11H2,1-2H3,(H,27,28). The van der Waals surface area contributed by atoms with Gasteiger partial charge in [0, 0.05) is 5.39 Å². The lowest BCUT2D eigenvalue weighted by Gasteiger charge is -2.23. The first-order valence-corrected chi connectivity index (χ1v) is 10.7. The van der Waals surface area contributed by atoms with Gasteiger partial charge in [0.15, 0.2) is 6.10 Å². The van der Waals surface area contributed by atoms with Crippen molar-refractivity contribution < 1.29 is 9.53 Å². The number of rotatable bonds is 6. The van der Waals surface area contributed by atoms with Gasteiger partial charge in [-0.2, -0.15) is 0 Å². The molecule has 0 bridgehead atoms. The van der Waals surface area contributed by atoms with Crippen molar-refractivity contribution in [3.8, 4) is 5.75 Å². The van der Waals surface area contributed by atoms with Crippen LogP contribution in [0.1, 0.15) is 55.8 Å². The highest BCUT2D eigenvalue weighted by molar-refractivity contribution is 5.89. The second kappa shape index (κ2) is 8.69. The molecule has 1 amide bonds. The molecule has 2 unspecified atom stereocenters. The molecule has 3 nitrogen and oxygen atoms in total. The molecule has 0 aliphatic heterocycles. The van der Waals surface area contributed by atoms with E-state index < -0.39 is 6.10 Å². The number of carbonyl (C=O) groups excluding carboxylic acids is 1. The Morgan fingerprint density at radius 2 is 1.76 bits per heavy atom. The molecule has 1 N–H and O–H groups in total. The fourth-order valence-electron chi connectivity index (χ4n) is 4.22. The zero-order valence-electron chi connectivity index (χ0n) is 17.3. The Morgan fingerprint density at radius 3 is 2.59 bits per heavy atom. The molecule has 0 saturated carbocycles. The lowest BCUT2D eigenvalue weighted by Crippen LogP contribution is -2.38. The maximum absolute atomic E-state index is 12.9. The van der Waals surface area contributed by atoms with Crippen LogP contribution < -0.4 is 10.1 Å². The third-order valence-electron chi connectivity index (χ3n) is 5.92. The summed E-state index contributed by atoms with van der Waals surface area (Å²) in [4.78, 5) is 12.9. The molecule has 150 valence electrons. The van der Waals surface area contributed by atoms with Gasteiger partial charge in [-0.3, -0.25) is 4.79 Å². The van der Waals surface area contributed by atoms with Crippen molar-refractivity contribution in [1.82, 2.24) is 5.32 Å². The molecule has 0 aromatic heterocycles. The Bertz CT molecular complexity index is 1010. The molecule has 0 fully saturated rings. The lowest BCUT2D eigenvalue weighted by atomic mass is 9.89. The van der Waals surface area contributed by atoms with Crippen LogP contribution in [0.3, 0.4) is 0 Å². The van der Waals surface area contributed by atoms with E-state index in [1.807, 2.05) is 37.3 Å². The number of hydrogen-bond donors (Lipinski definition) is 1. The van der Waals surface area contributed by atoms with Crippen LogP contribution in [-0.4, -0.2) is 12.0 Å². The van der Waals surface area contributed by atoms with Crippen molar-refractivity contribution in [2.75, 3.05) is 0 Å². The summed E-state index contributed by atoms with van der Waals surface area (Å²) < 4.78 is 6.05. The zero-order chi connectivity index (χ0) is 20.2. The molecule has 3 aromatic rings. The Kier molecular flexibility index (Phi) is 5.84. The van der Waals surface area contributed by atoms with Crippen LogP contribution in [0.2, 0.25) is 0 Å². The normalized spacial score (nSPS) is 15.4. The summed E-state index contributed by atoms with van der Waals surface area (Å²) in [7, 11) is 0. The molecule has 0 heterocycles. The van der Waals surface area contributed by atoms with Gasteiger partial charge in [0.05, 0.1) is 6.04 Å². The smallest absolute Gasteiger partial charge is 0.261 e. The quantitative estimate of drug-likeness (QED) is 0.584. The number of aryl methyl sites for hydroxylation is 2. The molecular formula is C26H29NO2. The topological polar surface area (TPSA) is 38.3 Å². The molecule has 29 heavy (non-hydrogen) atoms. The van der Waals surface area contributed by atoms with E-state index >= 15 is 0 Å². The van der Waals surface area contributed by atoms with E-state index in [0.29, 0.717) is 0 Å². The minimum Gasteiger partial charge on any atom is -0.480 e. The summed E-state index contributed by atoms with van der Waals surface area (Å²) in [5, 5.41) is 5.33. The molecule has 0 saturated heterocycles. The Balaban J connectivity index is 1.47. The molecule has 3 heteroatoms. The summed E-state index contributed by atoms with van der Waals surface area (Å²) in [6, 6.07) is 20.7. The first-order valence-electron chi connectivity index (χ1n) is 10.7. The second-order valence-electron chi connectivity index (χ2n) is 7.94. The summed E-state index contributed by atoms with van der Waals surface area (Å²) in [6.45, 7) is 3.93. The predicted octanol–water partition coefficient (Wildman–Crippen LogP) is 5.75. The van der Waals surface area contributed by atoms with E-state index in [0.717, 1.165) is 29.4 Å². The van der Waals surface area contributed by atoms with E-state index in [1.165, 1.54) is 36.0 Å². The van der Waals surface area contributed by atoms with Gasteiger partial charge in [0.2, 0.25) is 0 Å². The summed E-state index contributed by atoms with van der Waals surface area (Å²) in [5.74, 6) is 0.662. The van der Waals surface area contributed by atoms with E-state index in [2.05, 4.69) is 42.6 Å². The van der Waals surface area contributed by atoms with Crippen LogP contribution in [0, 0.1) is 0 Å². The van der Waals surface area contributed by atoms with Gasteiger partial charge in [-0.25, -0.2) is 0 Å². The highest BCUT2D eigenvalue weighted by Gasteiger charge is 2.21. The summed E-state index contributed by atoms with van der Waals surface area (Å²) in [6.07, 6.45) is 5.15. The van der Waals surface area contributed by atoms with Crippen molar-refractivity contribution in [3.63, 3.8) is 0 Å². The van der Waals surface area contributed by atoms with Crippen molar-refractivity contribution >= 4 is 16.7 Å². The van der Waals surface area contributed by atoms with Gasteiger partial charge in [-0.05, 0) is 67.2 Å². The van der Waals surface area contributed by atoms with Gasteiger partial charge < -0.3 is 10.1 Å². The second-order valence-corrected chi connectivity index (χ2v) is 7.94. The number of fused-ring (bicyclic) bond motifs is 2. The number of nitrogens with one attached hydrogen (secondary N) is 1. The van der Waals surface area contributed by atoms with E-state index in [4.69, 9.17) is 4.74 Å². The van der Waals surface area contributed by atoms with Crippen molar-refractivity contribution in [1.29, 1.82) is 0 Å². The molecule has 4 rings (SSSR count). The van der Waals surface area contributed by atoms with Crippen molar-refractivity contribution in [2.24, 2.45) is 0 Å². The molecule has 1 aliphatic carbocycles. The highest BCUT2D eigenvalue weighted by atomic mass is 16.5. The van der Waals surface area contributed by atoms with Gasteiger partial charge in [0.25, 0.3) is 5.91 Å². The number of carbonyl (C=O) groups is 1. The van der Waals surface area contributed by atoms with Crippen LogP contribution in [0.5, 0.6) is 5.75 Å². The average Bonchev–Trinajstić information content (AvgIpc) is 2.77. The molecule has 2 atom stereocenters. The number of amides is 1. The zero-order valence-corrected chi connectivity index (χ0v) is 17.3. The predicted molar refractivity (Wildman–Crippen MR) is 118 cm³/mol. The fourth-order valence-corrected chi connectivity index (χ4v) is 4.22. The first-order chi connectivity index (χ1) is 14.2. The molecule has 3 aromatic carbocycles. The molecule has 1 aliphatic rings. The molecule has 0 radical (unpaired) electrons. The lowest BCUT2D eigenvalue weighted by molar-refractivity contribution is -0.128. The number of benzene rings is 3. The fraction of sp³-hybridized carbons (Fsp3) is 0.346. The summed E-state index contributed by atoms with van der Waals surface area (Å²) in [5.41, 5.74) is 4.11. The van der Waals surface area contributed by atoms with Crippen LogP contribution >= 0.6 is 0 Å². The monoisotopic (exact) mass is 387 g/mol. The van der Waals surface area contributed by atoms with E-state index in [9.17, 15) is 4.79 Å². The minimum atomic E-state index is -0.563. The largest absolute Gasteiger partial charge is 0.480 e.